The van der Waals surface area contributed by atoms with Gasteiger partial charge in [-0.15, -0.1) is 11.3 Å². The standard InChI is InChI=1S/C20H20N2O2S/c23-20(11-10-19-21-16-8-4-5-9-18(16)25-19)22-12-13-24-17(14-22)15-6-2-1-3-7-15/h1-9,17H,10-14H2/t17-/m1/s1. The van der Waals surface area contributed by atoms with E-state index in [0.717, 1.165) is 16.1 Å². The fourth-order valence-corrected chi connectivity index (χ4v) is 4.11. The second kappa shape index (κ2) is 7.33. The molecule has 128 valence electrons. The maximum atomic E-state index is 12.6. The lowest BCUT2D eigenvalue weighted by atomic mass is 10.1. The van der Waals surface area contributed by atoms with Crippen LogP contribution in [0.2, 0.25) is 0 Å². The number of hydrogen-bond acceptors (Lipinski definition) is 4. The van der Waals surface area contributed by atoms with Gasteiger partial charge in [0.05, 0.1) is 28.4 Å². The van der Waals surface area contributed by atoms with E-state index in [2.05, 4.69) is 23.2 Å². The number of fused-ring (bicyclic) bond motifs is 1. The normalized spacial score (nSPS) is 17.8. The Kier molecular flexibility index (Phi) is 4.76. The first-order valence-electron chi connectivity index (χ1n) is 8.58. The summed E-state index contributed by atoms with van der Waals surface area (Å²) in [7, 11) is 0. The Bertz CT molecular complexity index is 829. The highest BCUT2D eigenvalue weighted by Crippen LogP contribution is 2.24. The van der Waals surface area contributed by atoms with Crippen molar-refractivity contribution in [1.82, 2.24) is 9.88 Å². The Morgan fingerprint density at radius 2 is 1.96 bits per heavy atom. The molecule has 0 unspecified atom stereocenters. The molecular weight excluding hydrogens is 332 g/mol. The molecule has 3 aromatic rings. The summed E-state index contributed by atoms with van der Waals surface area (Å²) in [6.45, 7) is 1.89. The van der Waals surface area contributed by atoms with Gasteiger partial charge >= 0.3 is 0 Å². The highest BCUT2D eigenvalue weighted by molar-refractivity contribution is 7.18. The number of aryl methyl sites for hydroxylation is 1. The smallest absolute Gasteiger partial charge is 0.223 e. The number of benzene rings is 2. The van der Waals surface area contributed by atoms with Crippen molar-refractivity contribution in [3.05, 3.63) is 65.2 Å². The van der Waals surface area contributed by atoms with Gasteiger partial charge in [0, 0.05) is 19.4 Å². The van der Waals surface area contributed by atoms with E-state index in [0.29, 0.717) is 32.5 Å². The lowest BCUT2D eigenvalue weighted by Gasteiger charge is -2.33. The lowest BCUT2D eigenvalue weighted by molar-refractivity contribution is -0.139. The number of nitrogens with zero attached hydrogens (tertiary/aromatic N) is 2. The molecule has 0 radical (unpaired) electrons. The van der Waals surface area contributed by atoms with Gasteiger partial charge in [-0.2, -0.15) is 0 Å². The van der Waals surface area contributed by atoms with E-state index < -0.39 is 0 Å². The molecule has 25 heavy (non-hydrogen) atoms. The Labute approximate surface area is 151 Å². The minimum Gasteiger partial charge on any atom is -0.370 e. The van der Waals surface area contributed by atoms with Crippen LogP contribution in [0.4, 0.5) is 0 Å². The van der Waals surface area contributed by atoms with Crippen LogP contribution >= 0.6 is 11.3 Å². The Hall–Kier alpha value is -2.24. The van der Waals surface area contributed by atoms with Gasteiger partial charge in [-0.1, -0.05) is 42.5 Å². The van der Waals surface area contributed by atoms with Crippen molar-refractivity contribution in [2.45, 2.75) is 18.9 Å². The summed E-state index contributed by atoms with van der Waals surface area (Å²) in [4.78, 5) is 19.2. The van der Waals surface area contributed by atoms with Gasteiger partial charge in [0.25, 0.3) is 0 Å². The van der Waals surface area contributed by atoms with E-state index in [-0.39, 0.29) is 12.0 Å². The molecule has 1 fully saturated rings. The van der Waals surface area contributed by atoms with E-state index >= 15 is 0 Å². The molecule has 2 heterocycles. The number of rotatable bonds is 4. The second-order valence-corrected chi connectivity index (χ2v) is 7.30. The molecule has 5 heteroatoms. The molecule has 1 amide bonds. The minimum atomic E-state index is -0.0265. The number of ether oxygens (including phenoxy) is 1. The topological polar surface area (TPSA) is 42.4 Å². The second-order valence-electron chi connectivity index (χ2n) is 6.19. The van der Waals surface area contributed by atoms with Crippen molar-refractivity contribution in [3.8, 4) is 0 Å². The maximum absolute atomic E-state index is 12.6. The monoisotopic (exact) mass is 352 g/mol. The summed E-state index contributed by atoms with van der Waals surface area (Å²) in [5, 5.41) is 1.03. The summed E-state index contributed by atoms with van der Waals surface area (Å²) in [6, 6.07) is 18.2. The zero-order valence-corrected chi connectivity index (χ0v) is 14.7. The quantitative estimate of drug-likeness (QED) is 0.717. The minimum absolute atomic E-state index is 0.0265. The Balaban J connectivity index is 1.37. The highest BCUT2D eigenvalue weighted by atomic mass is 32.1. The molecule has 1 aliphatic heterocycles. The molecule has 1 aromatic heterocycles. The van der Waals surface area contributed by atoms with Gasteiger partial charge in [0.15, 0.2) is 0 Å². The van der Waals surface area contributed by atoms with Crippen LogP contribution in [0, 0.1) is 0 Å². The van der Waals surface area contributed by atoms with Crippen LogP contribution in [0.1, 0.15) is 23.1 Å². The van der Waals surface area contributed by atoms with Gasteiger partial charge in [0.1, 0.15) is 6.10 Å². The fraction of sp³-hybridized carbons (Fsp3) is 0.300. The first kappa shape index (κ1) is 16.2. The third-order valence-corrected chi connectivity index (χ3v) is 5.58. The number of carbonyl (C=O) groups excluding carboxylic acids is 1. The van der Waals surface area contributed by atoms with Crippen LogP contribution in [-0.4, -0.2) is 35.5 Å². The van der Waals surface area contributed by atoms with Gasteiger partial charge in [0.2, 0.25) is 5.91 Å². The first-order valence-corrected chi connectivity index (χ1v) is 9.40. The lowest BCUT2D eigenvalue weighted by Crippen LogP contribution is -2.42. The predicted molar refractivity (Wildman–Crippen MR) is 99.7 cm³/mol. The molecule has 2 aromatic carbocycles. The van der Waals surface area contributed by atoms with Crippen LogP contribution in [0.3, 0.4) is 0 Å². The van der Waals surface area contributed by atoms with E-state index in [1.807, 2.05) is 41.3 Å². The number of morpholine rings is 1. The van der Waals surface area contributed by atoms with Crippen molar-refractivity contribution < 1.29 is 9.53 Å². The van der Waals surface area contributed by atoms with Crippen LogP contribution in [0.15, 0.2) is 54.6 Å². The summed E-state index contributed by atoms with van der Waals surface area (Å²) in [6.07, 6.45) is 1.17. The van der Waals surface area contributed by atoms with Crippen LogP contribution in [0.5, 0.6) is 0 Å². The Morgan fingerprint density at radius 3 is 2.80 bits per heavy atom. The fourth-order valence-electron chi connectivity index (χ4n) is 3.14. The van der Waals surface area contributed by atoms with E-state index in [9.17, 15) is 4.79 Å². The van der Waals surface area contributed by atoms with E-state index in [4.69, 9.17) is 4.74 Å². The number of aromatic nitrogens is 1. The SMILES string of the molecule is O=C(CCc1nc2ccccc2s1)N1CCO[C@@H](c2ccccc2)C1. The van der Waals surface area contributed by atoms with Crippen molar-refractivity contribution >= 4 is 27.5 Å². The zero-order chi connectivity index (χ0) is 17.1. The predicted octanol–water partition coefficient (Wildman–Crippen LogP) is 3.83. The highest BCUT2D eigenvalue weighted by Gasteiger charge is 2.25. The molecule has 1 aliphatic rings. The summed E-state index contributed by atoms with van der Waals surface area (Å²) < 4.78 is 7.02. The van der Waals surface area contributed by atoms with E-state index in [1.54, 1.807) is 11.3 Å². The average Bonchev–Trinajstić information content (AvgIpc) is 3.10. The molecule has 0 aliphatic carbocycles. The molecule has 0 N–H and O–H groups in total. The number of hydrogen-bond donors (Lipinski definition) is 0. The van der Waals surface area contributed by atoms with Crippen LogP contribution in [-0.2, 0) is 16.0 Å². The maximum Gasteiger partial charge on any atom is 0.223 e. The number of amides is 1. The number of para-hydroxylation sites is 1. The summed E-state index contributed by atoms with van der Waals surface area (Å²) in [5.74, 6) is 0.184. The zero-order valence-electron chi connectivity index (χ0n) is 13.9. The number of thiazole rings is 1. The Morgan fingerprint density at radius 1 is 1.16 bits per heavy atom. The van der Waals surface area contributed by atoms with Crippen LogP contribution < -0.4 is 0 Å². The summed E-state index contributed by atoms with van der Waals surface area (Å²) in [5.41, 5.74) is 2.15. The van der Waals surface area contributed by atoms with Crippen molar-refractivity contribution in [2.24, 2.45) is 0 Å². The van der Waals surface area contributed by atoms with Gasteiger partial charge in [-0.3, -0.25) is 4.79 Å². The molecular formula is C20H20N2O2S. The largest absolute Gasteiger partial charge is 0.370 e. The van der Waals surface area contributed by atoms with Gasteiger partial charge in [-0.25, -0.2) is 4.98 Å². The van der Waals surface area contributed by atoms with Gasteiger partial charge in [-0.05, 0) is 17.7 Å². The van der Waals surface area contributed by atoms with Crippen LogP contribution in [0.25, 0.3) is 10.2 Å². The average molecular weight is 352 g/mol. The number of carbonyl (C=O) groups is 1. The molecule has 4 rings (SSSR count). The molecule has 4 nitrogen and oxygen atoms in total. The third-order valence-electron chi connectivity index (χ3n) is 4.48. The molecule has 0 saturated carbocycles. The first-order chi connectivity index (χ1) is 12.3. The van der Waals surface area contributed by atoms with Gasteiger partial charge < -0.3 is 9.64 Å². The van der Waals surface area contributed by atoms with Crippen molar-refractivity contribution in [1.29, 1.82) is 0 Å². The molecule has 1 saturated heterocycles. The van der Waals surface area contributed by atoms with Crippen molar-refractivity contribution in [2.75, 3.05) is 19.7 Å². The van der Waals surface area contributed by atoms with E-state index in [1.165, 1.54) is 4.70 Å². The molecule has 1 atom stereocenters. The third kappa shape index (κ3) is 3.72. The molecule has 0 spiro atoms. The summed E-state index contributed by atoms with van der Waals surface area (Å²) >= 11 is 1.68. The van der Waals surface area contributed by atoms with Crippen molar-refractivity contribution in [3.63, 3.8) is 0 Å². The molecule has 0 bridgehead atoms.